The molecule has 1 aromatic carbocycles. The van der Waals surface area contributed by atoms with Crippen molar-refractivity contribution in [1.82, 2.24) is 15.5 Å². The lowest BCUT2D eigenvalue weighted by Gasteiger charge is -2.22. The minimum Gasteiger partial charge on any atom is -0.354 e. The molecule has 0 unspecified atom stereocenters. The van der Waals surface area contributed by atoms with Crippen LogP contribution in [0, 0.1) is 5.82 Å². The molecular weight excluding hydrogens is 458 g/mol. The van der Waals surface area contributed by atoms with Crippen molar-refractivity contribution in [2.75, 3.05) is 33.7 Å². The second kappa shape index (κ2) is 15.4. The quantitative estimate of drug-likeness (QED) is 0.165. The zero-order chi connectivity index (χ0) is 19.2. The van der Waals surface area contributed by atoms with Gasteiger partial charge in [0.15, 0.2) is 5.96 Å². The van der Waals surface area contributed by atoms with Gasteiger partial charge in [0.2, 0.25) is 5.91 Å². The first-order valence-electron chi connectivity index (χ1n) is 9.10. The van der Waals surface area contributed by atoms with Crippen molar-refractivity contribution in [2.45, 2.75) is 32.1 Å². The fourth-order valence-electron chi connectivity index (χ4n) is 2.53. The zero-order valence-electron chi connectivity index (χ0n) is 16.3. The van der Waals surface area contributed by atoms with Crippen molar-refractivity contribution in [2.24, 2.45) is 4.99 Å². The molecule has 0 saturated carbocycles. The largest absolute Gasteiger partial charge is 0.354 e. The van der Waals surface area contributed by atoms with E-state index >= 15 is 0 Å². The van der Waals surface area contributed by atoms with Crippen LogP contribution < -0.4 is 10.6 Å². The van der Waals surface area contributed by atoms with E-state index in [0.717, 1.165) is 30.9 Å². The number of nitrogens with one attached hydrogen (secondary N) is 2. The lowest BCUT2D eigenvalue weighted by Crippen LogP contribution is -2.43. The third-order valence-electron chi connectivity index (χ3n) is 3.98. The molecular formula is C20H32FIN4O. The first kappa shape index (κ1) is 25.4. The van der Waals surface area contributed by atoms with Crippen molar-refractivity contribution < 1.29 is 9.18 Å². The topological polar surface area (TPSA) is 56.7 Å². The Bertz CT molecular complexity index is 578. The van der Waals surface area contributed by atoms with Gasteiger partial charge < -0.3 is 15.5 Å². The van der Waals surface area contributed by atoms with Crippen molar-refractivity contribution >= 4 is 35.8 Å². The summed E-state index contributed by atoms with van der Waals surface area (Å²) in [7, 11) is 3.76. The van der Waals surface area contributed by atoms with Gasteiger partial charge in [-0.1, -0.05) is 24.6 Å². The highest BCUT2D eigenvalue weighted by Gasteiger charge is 2.06. The molecule has 0 aliphatic carbocycles. The van der Waals surface area contributed by atoms with Gasteiger partial charge >= 0.3 is 0 Å². The smallest absolute Gasteiger partial charge is 0.224 e. The summed E-state index contributed by atoms with van der Waals surface area (Å²) in [6, 6.07) is 5.97. The minimum atomic E-state index is -0.297. The first-order valence-corrected chi connectivity index (χ1v) is 9.10. The SMILES string of the molecule is C=CCCCCCN(C)C(=NC)NCCNC(=O)Cc1ccc(F)cc1.I. The van der Waals surface area contributed by atoms with E-state index in [1.165, 1.54) is 25.0 Å². The van der Waals surface area contributed by atoms with Crippen molar-refractivity contribution in [1.29, 1.82) is 0 Å². The summed E-state index contributed by atoms with van der Waals surface area (Å²) < 4.78 is 12.9. The maximum Gasteiger partial charge on any atom is 0.224 e. The van der Waals surface area contributed by atoms with Crippen molar-refractivity contribution in [3.63, 3.8) is 0 Å². The number of rotatable bonds is 11. The molecule has 0 heterocycles. The molecule has 0 saturated heterocycles. The van der Waals surface area contributed by atoms with E-state index in [0.29, 0.717) is 13.1 Å². The summed E-state index contributed by atoms with van der Waals surface area (Å²) in [5, 5.41) is 6.10. The Hall–Kier alpha value is -1.64. The van der Waals surface area contributed by atoms with E-state index in [-0.39, 0.29) is 42.1 Å². The summed E-state index contributed by atoms with van der Waals surface area (Å²) in [6.07, 6.45) is 6.72. The lowest BCUT2D eigenvalue weighted by molar-refractivity contribution is -0.120. The molecule has 0 spiro atoms. The van der Waals surface area contributed by atoms with E-state index in [9.17, 15) is 9.18 Å². The van der Waals surface area contributed by atoms with Gasteiger partial charge in [-0.2, -0.15) is 0 Å². The number of unbranched alkanes of at least 4 members (excludes halogenated alkanes) is 3. The Morgan fingerprint density at radius 3 is 2.48 bits per heavy atom. The molecule has 5 nitrogen and oxygen atoms in total. The van der Waals surface area contributed by atoms with Crippen LogP contribution in [0.5, 0.6) is 0 Å². The number of carbonyl (C=O) groups excluding carboxylic acids is 1. The van der Waals surface area contributed by atoms with Crippen LogP contribution in [0.15, 0.2) is 41.9 Å². The Morgan fingerprint density at radius 1 is 1.19 bits per heavy atom. The molecule has 1 amide bonds. The van der Waals surface area contributed by atoms with E-state index in [1.807, 2.05) is 13.1 Å². The van der Waals surface area contributed by atoms with Gasteiger partial charge in [0.25, 0.3) is 0 Å². The number of amides is 1. The van der Waals surface area contributed by atoms with Gasteiger partial charge in [-0.3, -0.25) is 9.79 Å². The monoisotopic (exact) mass is 490 g/mol. The Morgan fingerprint density at radius 2 is 1.85 bits per heavy atom. The molecule has 27 heavy (non-hydrogen) atoms. The van der Waals surface area contributed by atoms with E-state index in [4.69, 9.17) is 0 Å². The van der Waals surface area contributed by atoms with E-state index in [1.54, 1.807) is 19.2 Å². The van der Waals surface area contributed by atoms with Crippen LogP contribution in [-0.4, -0.2) is 50.5 Å². The van der Waals surface area contributed by atoms with Crippen LogP contribution in [0.25, 0.3) is 0 Å². The predicted molar refractivity (Wildman–Crippen MR) is 121 cm³/mol. The van der Waals surface area contributed by atoms with Crippen LogP contribution in [0.3, 0.4) is 0 Å². The maximum absolute atomic E-state index is 12.9. The van der Waals surface area contributed by atoms with Gasteiger partial charge in [0, 0.05) is 33.7 Å². The van der Waals surface area contributed by atoms with Crippen molar-refractivity contribution in [3.8, 4) is 0 Å². The number of benzene rings is 1. The fraction of sp³-hybridized carbons (Fsp3) is 0.500. The summed E-state index contributed by atoms with van der Waals surface area (Å²) in [6.45, 7) is 5.78. The number of hydrogen-bond donors (Lipinski definition) is 2. The third-order valence-corrected chi connectivity index (χ3v) is 3.98. The van der Waals surface area contributed by atoms with Gasteiger partial charge in [0.1, 0.15) is 5.82 Å². The van der Waals surface area contributed by atoms with Gasteiger partial charge in [-0.25, -0.2) is 4.39 Å². The number of allylic oxidation sites excluding steroid dienone is 1. The predicted octanol–water partition coefficient (Wildman–Crippen LogP) is 3.36. The maximum atomic E-state index is 12.9. The molecule has 0 aliphatic rings. The number of carbonyl (C=O) groups is 1. The zero-order valence-corrected chi connectivity index (χ0v) is 18.7. The normalized spacial score (nSPS) is 10.7. The van der Waals surface area contributed by atoms with Gasteiger partial charge in [-0.15, -0.1) is 30.6 Å². The summed E-state index contributed by atoms with van der Waals surface area (Å²) in [4.78, 5) is 18.2. The van der Waals surface area contributed by atoms with Crippen LogP contribution in [0.2, 0.25) is 0 Å². The second-order valence-corrected chi connectivity index (χ2v) is 6.19. The summed E-state index contributed by atoms with van der Waals surface area (Å²) >= 11 is 0. The molecule has 0 radical (unpaired) electrons. The number of nitrogens with zero attached hydrogens (tertiary/aromatic N) is 2. The first-order chi connectivity index (χ1) is 12.6. The molecule has 1 aromatic rings. The Kier molecular flexibility index (Phi) is 14.5. The average molecular weight is 490 g/mol. The molecule has 0 aliphatic heterocycles. The molecule has 1 rings (SSSR count). The van der Waals surface area contributed by atoms with Crippen LogP contribution in [0.4, 0.5) is 4.39 Å². The second-order valence-electron chi connectivity index (χ2n) is 6.19. The summed E-state index contributed by atoms with van der Waals surface area (Å²) in [5.74, 6) is 0.444. The van der Waals surface area contributed by atoms with Gasteiger partial charge in [-0.05, 0) is 37.0 Å². The highest BCUT2D eigenvalue weighted by Crippen LogP contribution is 2.03. The molecule has 152 valence electrons. The van der Waals surface area contributed by atoms with E-state index in [2.05, 4.69) is 27.1 Å². The molecule has 2 N–H and O–H groups in total. The molecule has 0 atom stereocenters. The minimum absolute atomic E-state index is 0. The van der Waals surface area contributed by atoms with Gasteiger partial charge in [0.05, 0.1) is 6.42 Å². The molecule has 0 bridgehead atoms. The number of guanidine groups is 1. The van der Waals surface area contributed by atoms with Crippen molar-refractivity contribution in [3.05, 3.63) is 48.3 Å². The highest BCUT2D eigenvalue weighted by molar-refractivity contribution is 14.0. The number of aliphatic imine (C=N–C) groups is 1. The number of hydrogen-bond acceptors (Lipinski definition) is 2. The fourth-order valence-corrected chi connectivity index (χ4v) is 2.53. The standard InChI is InChI=1S/C20H31FN4O.HI/c1-4-5-6-7-8-15-25(3)20(22-2)24-14-13-23-19(26)16-17-9-11-18(21)12-10-17;/h4,9-12H,1,5-8,13-16H2,2-3H3,(H,22,24)(H,23,26);1H. The average Bonchev–Trinajstić information content (AvgIpc) is 2.63. The highest BCUT2D eigenvalue weighted by atomic mass is 127. The van der Waals surface area contributed by atoms with E-state index < -0.39 is 0 Å². The molecule has 7 heteroatoms. The number of halogens is 2. The molecule has 0 aromatic heterocycles. The van der Waals surface area contributed by atoms with Crippen LogP contribution in [0.1, 0.15) is 31.2 Å². The third kappa shape index (κ3) is 11.6. The molecule has 0 fully saturated rings. The Balaban J connectivity index is 0.00000676. The van der Waals surface area contributed by atoms with Crippen LogP contribution in [-0.2, 0) is 11.2 Å². The summed E-state index contributed by atoms with van der Waals surface area (Å²) in [5.41, 5.74) is 0.795. The Labute approximate surface area is 179 Å². The lowest BCUT2D eigenvalue weighted by atomic mass is 10.1. The van der Waals surface area contributed by atoms with Crippen LogP contribution >= 0.6 is 24.0 Å².